The van der Waals surface area contributed by atoms with Crippen LogP contribution in [0, 0.1) is 23.5 Å². The third-order valence-electron chi connectivity index (χ3n) is 4.09. The van der Waals surface area contributed by atoms with E-state index < -0.39 is 26.6 Å². The van der Waals surface area contributed by atoms with Gasteiger partial charge >= 0.3 is 0 Å². The molecule has 1 aliphatic rings. The molecule has 1 fully saturated rings. The van der Waals surface area contributed by atoms with Crippen LogP contribution in [0.2, 0.25) is 0 Å². The van der Waals surface area contributed by atoms with E-state index in [0.717, 1.165) is 37.8 Å². The lowest BCUT2D eigenvalue weighted by Crippen LogP contribution is -2.37. The number of halogens is 2. The molecule has 0 amide bonds. The van der Waals surface area contributed by atoms with Crippen LogP contribution in [0.3, 0.4) is 0 Å². The van der Waals surface area contributed by atoms with E-state index in [4.69, 9.17) is 5.73 Å². The zero-order valence-electron chi connectivity index (χ0n) is 11.7. The van der Waals surface area contributed by atoms with Gasteiger partial charge in [0.1, 0.15) is 16.5 Å². The van der Waals surface area contributed by atoms with Crippen LogP contribution in [0.25, 0.3) is 0 Å². The van der Waals surface area contributed by atoms with E-state index in [1.54, 1.807) is 0 Å². The second-order valence-corrected chi connectivity index (χ2v) is 7.20. The molecule has 3 N–H and O–H groups in total. The van der Waals surface area contributed by atoms with Crippen molar-refractivity contribution < 1.29 is 17.2 Å². The summed E-state index contributed by atoms with van der Waals surface area (Å²) in [5.41, 5.74) is 5.71. The van der Waals surface area contributed by atoms with Crippen LogP contribution in [-0.4, -0.2) is 21.5 Å². The summed E-state index contributed by atoms with van der Waals surface area (Å²) in [5.74, 6) is -1.43. The molecule has 1 aromatic rings. The van der Waals surface area contributed by atoms with Gasteiger partial charge in [-0.15, -0.1) is 0 Å². The highest BCUT2D eigenvalue weighted by Gasteiger charge is 2.26. The zero-order valence-corrected chi connectivity index (χ0v) is 12.5. The van der Waals surface area contributed by atoms with Gasteiger partial charge in [0.2, 0.25) is 10.0 Å². The summed E-state index contributed by atoms with van der Waals surface area (Å²) in [6.45, 7) is 0.762. The first-order chi connectivity index (χ1) is 9.94. The van der Waals surface area contributed by atoms with E-state index in [1.807, 2.05) is 0 Å². The Kier molecular flexibility index (Phi) is 5.29. The fourth-order valence-electron chi connectivity index (χ4n) is 2.85. The molecule has 1 saturated carbocycles. The number of nitrogens with one attached hydrogen (secondary N) is 1. The van der Waals surface area contributed by atoms with Crippen LogP contribution in [0.15, 0.2) is 23.1 Å². The van der Waals surface area contributed by atoms with Gasteiger partial charge in [-0.2, -0.15) is 0 Å². The first kappa shape index (κ1) is 16.3. The van der Waals surface area contributed by atoms with Crippen molar-refractivity contribution in [2.45, 2.75) is 30.6 Å². The molecular formula is C14H20F2N2O2S. The zero-order chi connectivity index (χ0) is 15.5. The van der Waals surface area contributed by atoms with Crippen LogP contribution in [0.1, 0.15) is 25.7 Å². The molecule has 7 heteroatoms. The molecule has 21 heavy (non-hydrogen) atoms. The molecule has 0 heterocycles. The topological polar surface area (TPSA) is 72.2 Å². The summed E-state index contributed by atoms with van der Waals surface area (Å²) in [6, 6.07) is 2.44. The Balaban J connectivity index is 2.07. The Bertz CT molecular complexity index is 593. The van der Waals surface area contributed by atoms with Crippen LogP contribution in [0.5, 0.6) is 0 Å². The van der Waals surface area contributed by atoms with Crippen LogP contribution in [0.4, 0.5) is 8.78 Å². The minimum atomic E-state index is -3.97. The molecule has 0 spiro atoms. The maximum atomic E-state index is 13.6. The molecule has 118 valence electrons. The first-order valence-corrected chi connectivity index (χ1v) is 8.57. The molecule has 2 unspecified atom stereocenters. The van der Waals surface area contributed by atoms with Gasteiger partial charge in [-0.3, -0.25) is 0 Å². The quantitative estimate of drug-likeness (QED) is 0.872. The van der Waals surface area contributed by atoms with Crippen LogP contribution < -0.4 is 10.5 Å². The van der Waals surface area contributed by atoms with E-state index in [2.05, 4.69) is 4.72 Å². The lowest BCUT2D eigenvalue weighted by Gasteiger charge is -2.30. The first-order valence-electron chi connectivity index (χ1n) is 7.09. The predicted molar refractivity (Wildman–Crippen MR) is 76.0 cm³/mol. The van der Waals surface area contributed by atoms with Crippen molar-refractivity contribution in [3.63, 3.8) is 0 Å². The number of rotatable bonds is 5. The average molecular weight is 318 g/mol. The summed E-state index contributed by atoms with van der Waals surface area (Å²) in [6.07, 6.45) is 4.07. The smallest absolute Gasteiger partial charge is 0.243 e. The predicted octanol–water partition coefficient (Wildman–Crippen LogP) is 2.01. The van der Waals surface area contributed by atoms with Crippen molar-refractivity contribution in [3.8, 4) is 0 Å². The molecule has 4 nitrogen and oxygen atoms in total. The third-order valence-corrected chi connectivity index (χ3v) is 5.55. The lowest BCUT2D eigenvalue weighted by molar-refractivity contribution is 0.244. The summed E-state index contributed by atoms with van der Waals surface area (Å²) in [5, 5.41) is 0. The van der Waals surface area contributed by atoms with E-state index in [-0.39, 0.29) is 12.5 Å². The van der Waals surface area contributed by atoms with Crippen molar-refractivity contribution in [2.75, 3.05) is 13.1 Å². The SMILES string of the molecule is NCC1CCCCC1CNS(=O)(=O)c1ccc(F)cc1F. The van der Waals surface area contributed by atoms with Crippen molar-refractivity contribution in [1.29, 1.82) is 0 Å². The lowest BCUT2D eigenvalue weighted by atomic mass is 9.79. The van der Waals surface area contributed by atoms with Crippen LogP contribution in [-0.2, 0) is 10.0 Å². The Morgan fingerprint density at radius 3 is 2.48 bits per heavy atom. The number of hydrogen-bond acceptors (Lipinski definition) is 3. The highest BCUT2D eigenvalue weighted by Crippen LogP contribution is 2.29. The molecule has 0 aliphatic heterocycles. The normalized spacial score (nSPS) is 23.2. The van der Waals surface area contributed by atoms with E-state index in [9.17, 15) is 17.2 Å². The Labute approximate surface area is 123 Å². The summed E-state index contributed by atoms with van der Waals surface area (Å²) >= 11 is 0. The molecule has 0 bridgehead atoms. The summed E-state index contributed by atoms with van der Waals surface area (Å²) in [4.78, 5) is -0.524. The molecule has 0 radical (unpaired) electrons. The molecular weight excluding hydrogens is 298 g/mol. The van der Waals surface area contributed by atoms with E-state index in [0.29, 0.717) is 18.5 Å². The number of hydrogen-bond donors (Lipinski definition) is 2. The highest BCUT2D eigenvalue weighted by molar-refractivity contribution is 7.89. The molecule has 0 saturated heterocycles. The van der Waals surface area contributed by atoms with Gasteiger partial charge in [0.05, 0.1) is 0 Å². The largest absolute Gasteiger partial charge is 0.330 e. The minimum Gasteiger partial charge on any atom is -0.330 e. The third kappa shape index (κ3) is 3.99. The Morgan fingerprint density at radius 2 is 1.86 bits per heavy atom. The fraction of sp³-hybridized carbons (Fsp3) is 0.571. The van der Waals surface area contributed by atoms with Crippen LogP contribution >= 0.6 is 0 Å². The van der Waals surface area contributed by atoms with Gasteiger partial charge in [-0.05, 0) is 43.4 Å². The summed E-state index contributed by atoms with van der Waals surface area (Å²) in [7, 11) is -3.97. The number of sulfonamides is 1. The van der Waals surface area contributed by atoms with Gasteiger partial charge in [0.25, 0.3) is 0 Å². The maximum absolute atomic E-state index is 13.6. The monoisotopic (exact) mass is 318 g/mol. The van der Waals surface area contributed by atoms with Crippen molar-refractivity contribution in [1.82, 2.24) is 4.72 Å². The maximum Gasteiger partial charge on any atom is 0.243 e. The van der Waals surface area contributed by atoms with Gasteiger partial charge in [0, 0.05) is 12.6 Å². The van der Waals surface area contributed by atoms with Gasteiger partial charge < -0.3 is 5.73 Å². The number of nitrogens with two attached hydrogens (primary N) is 1. The second kappa shape index (κ2) is 6.81. The highest BCUT2D eigenvalue weighted by atomic mass is 32.2. The standard InChI is InChI=1S/C14H20F2N2O2S/c15-12-5-6-14(13(16)7-12)21(19,20)18-9-11-4-2-1-3-10(11)8-17/h5-7,10-11,18H,1-4,8-9,17H2. The second-order valence-electron chi connectivity index (χ2n) is 5.47. The molecule has 1 aromatic carbocycles. The minimum absolute atomic E-state index is 0.169. The molecule has 1 aliphatic carbocycles. The average Bonchev–Trinajstić information content (AvgIpc) is 2.45. The van der Waals surface area contributed by atoms with Gasteiger partial charge in [-0.25, -0.2) is 21.9 Å². The van der Waals surface area contributed by atoms with Crippen molar-refractivity contribution in [2.24, 2.45) is 17.6 Å². The van der Waals surface area contributed by atoms with Gasteiger partial charge in [0.15, 0.2) is 0 Å². The van der Waals surface area contributed by atoms with E-state index >= 15 is 0 Å². The molecule has 2 rings (SSSR count). The Morgan fingerprint density at radius 1 is 1.19 bits per heavy atom. The summed E-state index contributed by atoms with van der Waals surface area (Å²) < 4.78 is 53.0. The van der Waals surface area contributed by atoms with E-state index in [1.165, 1.54) is 0 Å². The van der Waals surface area contributed by atoms with Gasteiger partial charge in [-0.1, -0.05) is 12.8 Å². The molecule has 2 atom stereocenters. The number of benzene rings is 1. The molecule has 0 aromatic heterocycles. The van der Waals surface area contributed by atoms with Crippen molar-refractivity contribution >= 4 is 10.0 Å². The fourth-order valence-corrected chi connectivity index (χ4v) is 4.00. The Hall–Kier alpha value is -1.05. The van der Waals surface area contributed by atoms with Crippen molar-refractivity contribution in [3.05, 3.63) is 29.8 Å².